The Morgan fingerprint density at radius 1 is 0.839 bits per heavy atom. The Bertz CT molecular complexity index is 1180. The number of benzene rings is 3. The van der Waals surface area contributed by atoms with Gasteiger partial charge >= 0.3 is 0 Å². The molecule has 0 radical (unpaired) electrons. The molecule has 154 valence electrons. The highest BCUT2D eigenvalue weighted by Gasteiger charge is 2.08. The molecule has 4 rings (SSSR count). The first-order chi connectivity index (χ1) is 15.1. The van der Waals surface area contributed by atoms with Crippen LogP contribution in [0.1, 0.15) is 27.0 Å². The van der Waals surface area contributed by atoms with Crippen molar-refractivity contribution in [2.24, 2.45) is 0 Å². The molecule has 1 heterocycles. The molecule has 3 aromatic carbocycles. The molecule has 0 aliphatic rings. The number of hydrogen-bond donors (Lipinski definition) is 2. The van der Waals surface area contributed by atoms with Crippen molar-refractivity contribution >= 4 is 17.5 Å². The third kappa shape index (κ3) is 5.14. The molecular formula is C26H24N4O. The summed E-state index contributed by atoms with van der Waals surface area (Å²) in [5.41, 5.74) is 6.84. The van der Waals surface area contributed by atoms with Crippen LogP contribution in [0, 0.1) is 13.8 Å². The zero-order chi connectivity index (χ0) is 21.6. The Hall–Kier alpha value is -3.99. The molecule has 31 heavy (non-hydrogen) atoms. The van der Waals surface area contributed by atoms with Crippen molar-refractivity contribution in [1.82, 2.24) is 15.3 Å². The number of aromatic nitrogens is 2. The summed E-state index contributed by atoms with van der Waals surface area (Å²) in [6.07, 6.45) is 3.58. The molecule has 2 N–H and O–H groups in total. The normalized spacial score (nSPS) is 10.5. The summed E-state index contributed by atoms with van der Waals surface area (Å²) in [4.78, 5) is 21.4. The molecule has 0 spiro atoms. The van der Waals surface area contributed by atoms with Gasteiger partial charge in [-0.25, -0.2) is 9.97 Å². The van der Waals surface area contributed by atoms with Gasteiger partial charge in [0.2, 0.25) is 5.95 Å². The minimum Gasteiger partial charge on any atom is -0.348 e. The summed E-state index contributed by atoms with van der Waals surface area (Å²) in [7, 11) is 0. The van der Waals surface area contributed by atoms with Gasteiger partial charge in [-0.3, -0.25) is 4.79 Å². The van der Waals surface area contributed by atoms with E-state index in [2.05, 4.69) is 51.8 Å². The lowest BCUT2D eigenvalue weighted by Crippen LogP contribution is -2.23. The molecule has 0 atom stereocenters. The number of aryl methyl sites for hydroxylation is 2. The molecular weight excluding hydrogens is 384 g/mol. The highest BCUT2D eigenvalue weighted by molar-refractivity contribution is 5.95. The first kappa shape index (κ1) is 20.3. The van der Waals surface area contributed by atoms with E-state index in [9.17, 15) is 4.79 Å². The van der Waals surface area contributed by atoms with Gasteiger partial charge in [-0.05, 0) is 48.7 Å². The Kier molecular flexibility index (Phi) is 6.03. The van der Waals surface area contributed by atoms with E-state index < -0.39 is 0 Å². The average molecular weight is 409 g/mol. The van der Waals surface area contributed by atoms with Gasteiger partial charge in [0.15, 0.2) is 0 Å². The van der Waals surface area contributed by atoms with Crippen molar-refractivity contribution in [3.63, 3.8) is 0 Å². The van der Waals surface area contributed by atoms with Gasteiger partial charge in [0.1, 0.15) is 0 Å². The Labute approximate surface area is 182 Å². The van der Waals surface area contributed by atoms with Gasteiger partial charge in [0.05, 0.1) is 0 Å². The van der Waals surface area contributed by atoms with Crippen LogP contribution in [0.3, 0.4) is 0 Å². The van der Waals surface area contributed by atoms with E-state index >= 15 is 0 Å². The van der Waals surface area contributed by atoms with Crippen molar-refractivity contribution in [3.05, 3.63) is 107 Å². The number of hydrogen-bond acceptors (Lipinski definition) is 4. The zero-order valence-corrected chi connectivity index (χ0v) is 17.6. The fraction of sp³-hybridized carbons (Fsp3) is 0.115. The average Bonchev–Trinajstić information content (AvgIpc) is 2.80. The molecule has 5 heteroatoms. The van der Waals surface area contributed by atoms with E-state index in [1.807, 2.05) is 43.3 Å². The van der Waals surface area contributed by atoms with Crippen LogP contribution in [0.4, 0.5) is 11.6 Å². The van der Waals surface area contributed by atoms with E-state index in [4.69, 9.17) is 0 Å². The molecule has 0 saturated carbocycles. The predicted octanol–water partition coefficient (Wildman–Crippen LogP) is 5.43. The second-order valence-corrected chi connectivity index (χ2v) is 7.48. The van der Waals surface area contributed by atoms with Crippen LogP contribution in [-0.4, -0.2) is 15.9 Å². The van der Waals surface area contributed by atoms with Gasteiger partial charge in [-0.2, -0.15) is 0 Å². The second kappa shape index (κ2) is 9.22. The third-order valence-electron chi connectivity index (χ3n) is 5.12. The largest absolute Gasteiger partial charge is 0.348 e. The summed E-state index contributed by atoms with van der Waals surface area (Å²) in [5.74, 6) is 0.357. The maximum absolute atomic E-state index is 12.6. The summed E-state index contributed by atoms with van der Waals surface area (Å²) >= 11 is 0. The van der Waals surface area contributed by atoms with Crippen LogP contribution in [0.15, 0.2) is 85.2 Å². The van der Waals surface area contributed by atoms with Gasteiger partial charge in [0, 0.05) is 35.8 Å². The molecule has 5 nitrogen and oxygen atoms in total. The maximum Gasteiger partial charge on any atom is 0.251 e. The topological polar surface area (TPSA) is 66.9 Å². The number of anilines is 2. The van der Waals surface area contributed by atoms with Crippen LogP contribution in [0.25, 0.3) is 11.1 Å². The molecule has 0 unspecified atom stereocenters. The lowest BCUT2D eigenvalue weighted by molar-refractivity contribution is 0.0951. The standard InChI is InChI=1S/C26H24N4O/c1-18-10-12-20(13-11-18)23-16-28-26(29-17-23)30-24-9-5-8-21(14-24)25(31)27-15-22-7-4-3-6-19(22)2/h3-14,16-17H,15H2,1-2H3,(H,27,31)(H,28,29,30). The summed E-state index contributed by atoms with van der Waals surface area (Å²) in [6, 6.07) is 23.6. The van der Waals surface area contributed by atoms with Crippen molar-refractivity contribution in [1.29, 1.82) is 0 Å². The monoisotopic (exact) mass is 408 g/mol. The van der Waals surface area contributed by atoms with Crippen molar-refractivity contribution in [2.45, 2.75) is 20.4 Å². The highest BCUT2D eigenvalue weighted by Crippen LogP contribution is 2.20. The minimum atomic E-state index is -0.123. The van der Waals surface area contributed by atoms with Crippen LogP contribution >= 0.6 is 0 Å². The van der Waals surface area contributed by atoms with Crippen molar-refractivity contribution in [2.75, 3.05) is 5.32 Å². The van der Waals surface area contributed by atoms with E-state index in [-0.39, 0.29) is 5.91 Å². The summed E-state index contributed by atoms with van der Waals surface area (Å²) in [5, 5.41) is 6.15. The van der Waals surface area contributed by atoms with Crippen LogP contribution in [-0.2, 0) is 6.54 Å². The van der Waals surface area contributed by atoms with Crippen LogP contribution in [0.5, 0.6) is 0 Å². The van der Waals surface area contributed by atoms with Crippen LogP contribution in [0.2, 0.25) is 0 Å². The number of nitrogens with one attached hydrogen (secondary N) is 2. The van der Waals surface area contributed by atoms with Crippen molar-refractivity contribution in [3.8, 4) is 11.1 Å². The van der Waals surface area contributed by atoms with Gasteiger partial charge < -0.3 is 10.6 Å². The number of carbonyl (C=O) groups excluding carboxylic acids is 1. The summed E-state index contributed by atoms with van der Waals surface area (Å²) in [6.45, 7) is 4.59. The molecule has 0 saturated heterocycles. The molecule has 1 amide bonds. The third-order valence-corrected chi connectivity index (χ3v) is 5.12. The Morgan fingerprint density at radius 2 is 1.58 bits per heavy atom. The van der Waals surface area contributed by atoms with E-state index in [0.29, 0.717) is 18.1 Å². The minimum absolute atomic E-state index is 0.123. The number of amides is 1. The quantitative estimate of drug-likeness (QED) is 0.446. The highest BCUT2D eigenvalue weighted by atomic mass is 16.1. The second-order valence-electron chi connectivity index (χ2n) is 7.48. The molecule has 0 fully saturated rings. The van der Waals surface area contributed by atoms with E-state index in [1.54, 1.807) is 24.5 Å². The number of nitrogens with zero attached hydrogens (tertiary/aromatic N) is 2. The number of rotatable bonds is 6. The first-order valence-electron chi connectivity index (χ1n) is 10.2. The van der Waals surface area contributed by atoms with Crippen molar-refractivity contribution < 1.29 is 4.79 Å². The lowest BCUT2D eigenvalue weighted by atomic mass is 10.1. The van der Waals surface area contributed by atoms with Crippen LogP contribution < -0.4 is 10.6 Å². The smallest absolute Gasteiger partial charge is 0.251 e. The van der Waals surface area contributed by atoms with E-state index in [0.717, 1.165) is 27.9 Å². The zero-order valence-electron chi connectivity index (χ0n) is 17.6. The fourth-order valence-corrected chi connectivity index (χ4v) is 3.24. The van der Waals surface area contributed by atoms with Gasteiger partial charge in [0.25, 0.3) is 5.91 Å². The maximum atomic E-state index is 12.6. The fourth-order valence-electron chi connectivity index (χ4n) is 3.24. The van der Waals surface area contributed by atoms with Gasteiger partial charge in [-0.1, -0.05) is 60.2 Å². The van der Waals surface area contributed by atoms with E-state index in [1.165, 1.54) is 5.56 Å². The Balaban J connectivity index is 1.41. The SMILES string of the molecule is Cc1ccc(-c2cnc(Nc3cccc(C(=O)NCc4ccccc4C)c3)nc2)cc1. The molecule has 0 aliphatic heterocycles. The Morgan fingerprint density at radius 3 is 2.32 bits per heavy atom. The predicted molar refractivity (Wildman–Crippen MR) is 124 cm³/mol. The molecule has 4 aromatic rings. The molecule has 1 aromatic heterocycles. The molecule has 0 aliphatic carbocycles. The first-order valence-corrected chi connectivity index (χ1v) is 10.2. The summed E-state index contributed by atoms with van der Waals surface area (Å²) < 4.78 is 0. The lowest BCUT2D eigenvalue weighted by Gasteiger charge is -2.10. The number of carbonyl (C=O) groups is 1. The molecule has 0 bridgehead atoms. The van der Waals surface area contributed by atoms with Gasteiger partial charge in [-0.15, -0.1) is 0 Å².